The van der Waals surface area contributed by atoms with Crippen LogP contribution in [0.25, 0.3) is 0 Å². The molecule has 1 aromatic rings. The molecule has 1 aliphatic carbocycles. The Hall–Kier alpha value is -0.870. The minimum atomic E-state index is 0.629. The molecule has 0 unspecified atom stereocenters. The van der Waals surface area contributed by atoms with Crippen molar-refractivity contribution >= 4 is 0 Å². The van der Waals surface area contributed by atoms with Crippen LogP contribution in [0.3, 0.4) is 0 Å². The molecule has 1 atom stereocenters. The van der Waals surface area contributed by atoms with Crippen LogP contribution in [-0.4, -0.2) is 47.9 Å². The Morgan fingerprint density at radius 2 is 2.33 bits per heavy atom. The first kappa shape index (κ1) is 12.2. The minimum absolute atomic E-state index is 0.629. The van der Waals surface area contributed by atoms with E-state index in [1.165, 1.54) is 37.9 Å². The zero-order valence-electron chi connectivity index (χ0n) is 11.0. The number of hydrogen-bond donors (Lipinski definition) is 1. The van der Waals surface area contributed by atoms with Crippen molar-refractivity contribution in [1.82, 2.24) is 15.1 Å². The van der Waals surface area contributed by atoms with Gasteiger partial charge in [-0.15, -0.1) is 0 Å². The van der Waals surface area contributed by atoms with Crippen molar-refractivity contribution in [2.75, 3.05) is 32.8 Å². The average molecular weight is 249 g/mol. The van der Waals surface area contributed by atoms with Gasteiger partial charge in [-0.05, 0) is 44.2 Å². The summed E-state index contributed by atoms with van der Waals surface area (Å²) < 4.78 is 5.72. The topological polar surface area (TPSA) is 41.1 Å². The van der Waals surface area contributed by atoms with E-state index in [0.717, 1.165) is 32.2 Å². The van der Waals surface area contributed by atoms with Gasteiger partial charge in [0.2, 0.25) is 0 Å². The van der Waals surface area contributed by atoms with E-state index in [4.69, 9.17) is 4.74 Å². The maximum atomic E-state index is 5.72. The van der Waals surface area contributed by atoms with Crippen molar-refractivity contribution in [3.05, 3.63) is 18.0 Å². The Bertz CT molecular complexity index is 348. The minimum Gasteiger partial charge on any atom is -0.380 e. The molecule has 0 aromatic carbocycles. The van der Waals surface area contributed by atoms with E-state index in [1.54, 1.807) is 0 Å². The number of aromatic nitrogens is 2. The molecule has 100 valence electrons. The van der Waals surface area contributed by atoms with Crippen LogP contribution < -0.4 is 0 Å². The molecule has 1 aromatic heterocycles. The van der Waals surface area contributed by atoms with Crippen LogP contribution in [0.2, 0.25) is 0 Å². The highest BCUT2D eigenvalue weighted by Crippen LogP contribution is 2.29. The fraction of sp³-hybridized carbons (Fsp3) is 0.786. The molecule has 1 N–H and O–H groups in total. The van der Waals surface area contributed by atoms with E-state index in [0.29, 0.717) is 5.92 Å². The van der Waals surface area contributed by atoms with Crippen molar-refractivity contribution in [3.63, 3.8) is 0 Å². The summed E-state index contributed by atoms with van der Waals surface area (Å²) in [5.74, 6) is 1.51. The highest BCUT2D eigenvalue weighted by Gasteiger charge is 2.23. The normalized spacial score (nSPS) is 25.4. The van der Waals surface area contributed by atoms with Gasteiger partial charge in [-0.25, -0.2) is 0 Å². The largest absolute Gasteiger partial charge is 0.380 e. The first-order valence-electron chi connectivity index (χ1n) is 7.21. The van der Waals surface area contributed by atoms with Crippen LogP contribution in [-0.2, 0) is 4.74 Å². The van der Waals surface area contributed by atoms with Gasteiger partial charge in [-0.2, -0.15) is 5.10 Å². The molecule has 1 aliphatic heterocycles. The molecule has 3 rings (SSSR count). The van der Waals surface area contributed by atoms with Gasteiger partial charge in [-0.3, -0.25) is 5.10 Å². The van der Waals surface area contributed by atoms with Gasteiger partial charge in [-0.1, -0.05) is 0 Å². The molecule has 2 heterocycles. The second-order valence-electron chi connectivity index (χ2n) is 5.67. The summed E-state index contributed by atoms with van der Waals surface area (Å²) >= 11 is 0. The van der Waals surface area contributed by atoms with Crippen molar-refractivity contribution in [2.24, 2.45) is 5.92 Å². The molecule has 4 nitrogen and oxygen atoms in total. The monoisotopic (exact) mass is 249 g/mol. The summed E-state index contributed by atoms with van der Waals surface area (Å²) in [6, 6.07) is 2.11. The van der Waals surface area contributed by atoms with Crippen LogP contribution in [0, 0.1) is 5.92 Å². The van der Waals surface area contributed by atoms with Gasteiger partial charge in [0.25, 0.3) is 0 Å². The molecule has 0 spiro atoms. The van der Waals surface area contributed by atoms with Crippen LogP contribution in [0.1, 0.15) is 37.3 Å². The maximum absolute atomic E-state index is 5.72. The highest BCUT2D eigenvalue weighted by molar-refractivity contribution is 5.07. The van der Waals surface area contributed by atoms with Crippen LogP contribution in [0.4, 0.5) is 0 Å². The molecule has 0 bridgehead atoms. The Kier molecular flexibility index (Phi) is 3.96. The smallest absolute Gasteiger partial charge is 0.0593 e. The lowest BCUT2D eigenvalue weighted by Gasteiger charge is -2.32. The zero-order valence-corrected chi connectivity index (χ0v) is 11.0. The van der Waals surface area contributed by atoms with Crippen molar-refractivity contribution < 1.29 is 4.74 Å². The van der Waals surface area contributed by atoms with Gasteiger partial charge >= 0.3 is 0 Å². The van der Waals surface area contributed by atoms with Crippen LogP contribution >= 0.6 is 0 Å². The summed E-state index contributed by atoms with van der Waals surface area (Å²) in [7, 11) is 0. The number of likely N-dealkylation sites (tertiary alicyclic amines) is 1. The summed E-state index contributed by atoms with van der Waals surface area (Å²) in [5, 5.41) is 7.17. The van der Waals surface area contributed by atoms with E-state index in [1.807, 2.05) is 6.20 Å². The summed E-state index contributed by atoms with van der Waals surface area (Å²) in [6.45, 7) is 5.33. The van der Waals surface area contributed by atoms with E-state index in [9.17, 15) is 0 Å². The molecule has 18 heavy (non-hydrogen) atoms. The second kappa shape index (κ2) is 5.85. The molecular formula is C14H23N3O. The van der Waals surface area contributed by atoms with E-state index >= 15 is 0 Å². The molecule has 0 amide bonds. The molecule has 1 saturated heterocycles. The van der Waals surface area contributed by atoms with Crippen molar-refractivity contribution in [1.29, 1.82) is 0 Å². The van der Waals surface area contributed by atoms with Gasteiger partial charge in [0, 0.05) is 37.5 Å². The summed E-state index contributed by atoms with van der Waals surface area (Å²) in [4.78, 5) is 2.53. The molecule has 1 saturated carbocycles. The number of nitrogens with zero attached hydrogens (tertiary/aromatic N) is 2. The molecule has 2 fully saturated rings. The lowest BCUT2D eigenvalue weighted by Crippen LogP contribution is -2.36. The third-order valence-electron chi connectivity index (χ3n) is 4.07. The van der Waals surface area contributed by atoms with Gasteiger partial charge < -0.3 is 9.64 Å². The molecule has 4 heteroatoms. The molecule has 2 aliphatic rings. The van der Waals surface area contributed by atoms with E-state index in [-0.39, 0.29) is 0 Å². The first-order valence-corrected chi connectivity index (χ1v) is 7.21. The predicted molar refractivity (Wildman–Crippen MR) is 70.5 cm³/mol. The second-order valence-corrected chi connectivity index (χ2v) is 5.67. The summed E-state index contributed by atoms with van der Waals surface area (Å²) in [5.41, 5.74) is 1.29. The number of hydrogen-bond acceptors (Lipinski definition) is 3. The van der Waals surface area contributed by atoms with Gasteiger partial charge in [0.05, 0.1) is 6.61 Å². The lowest BCUT2D eigenvalue weighted by molar-refractivity contribution is 0.0861. The Morgan fingerprint density at radius 3 is 3.11 bits per heavy atom. The van der Waals surface area contributed by atoms with E-state index in [2.05, 4.69) is 21.2 Å². The van der Waals surface area contributed by atoms with E-state index < -0.39 is 0 Å². The quantitative estimate of drug-likeness (QED) is 0.784. The first-order chi connectivity index (χ1) is 8.92. The SMILES string of the molecule is c1cc([C@H]2CCCN(CCOCC3CC3)C2)[nH]n1. The van der Waals surface area contributed by atoms with Crippen molar-refractivity contribution in [3.8, 4) is 0 Å². The Morgan fingerprint density at radius 1 is 1.39 bits per heavy atom. The number of rotatable bonds is 6. The Labute approximate surface area is 109 Å². The molecule has 0 radical (unpaired) electrons. The zero-order chi connectivity index (χ0) is 12.2. The van der Waals surface area contributed by atoms with Crippen LogP contribution in [0.15, 0.2) is 12.3 Å². The van der Waals surface area contributed by atoms with Crippen molar-refractivity contribution in [2.45, 2.75) is 31.6 Å². The molecular weight excluding hydrogens is 226 g/mol. The number of aromatic amines is 1. The number of nitrogens with one attached hydrogen (secondary N) is 1. The third kappa shape index (κ3) is 3.33. The standard InChI is InChI=1S/C14H23N3O/c1-2-13(14-5-6-15-16-14)10-17(7-1)8-9-18-11-12-3-4-12/h5-6,12-13H,1-4,7-11H2,(H,15,16)/t13-/m0/s1. The number of ether oxygens (including phenoxy) is 1. The summed E-state index contributed by atoms with van der Waals surface area (Å²) in [6.07, 6.45) is 7.18. The van der Waals surface area contributed by atoms with Crippen LogP contribution in [0.5, 0.6) is 0 Å². The fourth-order valence-corrected chi connectivity index (χ4v) is 2.73. The Balaban J connectivity index is 1.39. The predicted octanol–water partition coefficient (Wildman–Crippen LogP) is 2.02. The van der Waals surface area contributed by atoms with Gasteiger partial charge in [0.15, 0.2) is 0 Å². The number of piperidine rings is 1. The highest BCUT2D eigenvalue weighted by atomic mass is 16.5. The number of H-pyrrole nitrogens is 1. The van der Waals surface area contributed by atoms with Gasteiger partial charge in [0.1, 0.15) is 0 Å². The average Bonchev–Trinajstić information content (AvgIpc) is 3.06. The third-order valence-corrected chi connectivity index (χ3v) is 4.07. The lowest BCUT2D eigenvalue weighted by atomic mass is 9.95. The fourth-order valence-electron chi connectivity index (χ4n) is 2.73. The maximum Gasteiger partial charge on any atom is 0.0593 e.